The van der Waals surface area contributed by atoms with Gasteiger partial charge in [-0.3, -0.25) is 0 Å². The number of halogens is 2. The van der Waals surface area contributed by atoms with Crippen LogP contribution in [0.4, 0.5) is 0 Å². The predicted molar refractivity (Wildman–Crippen MR) is 86.6 cm³/mol. The molecular weight excluding hydrogens is 329 g/mol. The average molecular weight is 344 g/mol. The highest BCUT2D eigenvalue weighted by Crippen LogP contribution is 2.45. The summed E-state index contributed by atoms with van der Waals surface area (Å²) in [7, 11) is -3.46. The van der Waals surface area contributed by atoms with Crippen molar-refractivity contribution in [3.63, 3.8) is 0 Å². The monoisotopic (exact) mass is 343 g/mol. The molecule has 1 aromatic carbocycles. The molecule has 0 bridgehead atoms. The van der Waals surface area contributed by atoms with Gasteiger partial charge in [0.1, 0.15) is 4.87 Å². The van der Waals surface area contributed by atoms with Crippen molar-refractivity contribution in [2.75, 3.05) is 0 Å². The highest BCUT2D eigenvalue weighted by molar-refractivity contribution is 7.93. The molecule has 6 heteroatoms. The van der Waals surface area contributed by atoms with E-state index in [0.29, 0.717) is 28.5 Å². The summed E-state index contributed by atoms with van der Waals surface area (Å²) in [6.45, 7) is 0. The molecule has 2 aliphatic carbocycles. The fraction of sp³-hybridized carbons (Fsp3) is 0.333. The molecule has 0 spiro atoms. The topological polar surface area (TPSA) is 60.2 Å². The Morgan fingerprint density at radius 3 is 2.29 bits per heavy atom. The molecule has 0 aliphatic heterocycles. The first-order chi connectivity index (χ1) is 9.85. The molecule has 1 aromatic rings. The zero-order valence-corrected chi connectivity index (χ0v) is 13.5. The molecule has 1 fully saturated rings. The fourth-order valence-electron chi connectivity index (χ4n) is 2.57. The van der Waals surface area contributed by atoms with E-state index in [0.717, 1.165) is 5.56 Å². The van der Waals surface area contributed by atoms with Crippen LogP contribution in [-0.4, -0.2) is 18.5 Å². The highest BCUT2D eigenvalue weighted by Gasteiger charge is 2.50. The third-order valence-electron chi connectivity index (χ3n) is 3.87. The fourth-order valence-corrected chi connectivity index (χ4v) is 5.62. The molecule has 0 aromatic heterocycles. The molecule has 2 aliphatic rings. The van der Waals surface area contributed by atoms with E-state index in [1.165, 1.54) is 6.08 Å². The van der Waals surface area contributed by atoms with Crippen molar-refractivity contribution in [2.45, 2.75) is 29.4 Å². The number of rotatable bonds is 3. The molecule has 112 valence electrons. The summed E-state index contributed by atoms with van der Waals surface area (Å²) in [6.07, 6.45) is 2.84. The maximum absolute atomic E-state index is 12.5. The molecule has 0 heterocycles. The Kier molecular flexibility index (Phi) is 3.69. The van der Waals surface area contributed by atoms with Gasteiger partial charge in [-0.15, -0.1) is 0 Å². The number of sulfone groups is 1. The van der Waals surface area contributed by atoms with Gasteiger partial charge in [0.15, 0.2) is 9.84 Å². The van der Waals surface area contributed by atoms with Gasteiger partial charge in [-0.25, -0.2) is 8.42 Å². The van der Waals surface area contributed by atoms with E-state index < -0.39 is 14.7 Å². The zero-order chi connectivity index (χ0) is 15.3. The van der Waals surface area contributed by atoms with Crippen molar-refractivity contribution >= 4 is 38.6 Å². The quantitative estimate of drug-likeness (QED) is 0.914. The number of hydrogen-bond donors (Lipinski definition) is 1. The SMILES string of the molecule is NC1(S(=O)(=O)C2CC2)C=C(Cl)C(c2ccccc2)=C(Cl)C1. The Morgan fingerprint density at radius 2 is 1.76 bits per heavy atom. The van der Waals surface area contributed by atoms with Crippen LogP contribution in [0.5, 0.6) is 0 Å². The lowest BCUT2D eigenvalue weighted by Crippen LogP contribution is -2.49. The molecule has 0 amide bonds. The van der Waals surface area contributed by atoms with Crippen LogP contribution in [0.2, 0.25) is 0 Å². The second-order valence-electron chi connectivity index (χ2n) is 5.51. The second kappa shape index (κ2) is 5.13. The van der Waals surface area contributed by atoms with Gasteiger partial charge in [0.25, 0.3) is 0 Å². The van der Waals surface area contributed by atoms with E-state index in [2.05, 4.69) is 0 Å². The largest absolute Gasteiger partial charge is 0.309 e. The molecule has 2 N–H and O–H groups in total. The normalized spacial score (nSPS) is 26.7. The smallest absolute Gasteiger partial charge is 0.175 e. The van der Waals surface area contributed by atoms with Gasteiger partial charge in [0.2, 0.25) is 0 Å². The van der Waals surface area contributed by atoms with Crippen LogP contribution in [0, 0.1) is 0 Å². The van der Waals surface area contributed by atoms with E-state index >= 15 is 0 Å². The minimum atomic E-state index is -3.46. The number of hydrogen-bond acceptors (Lipinski definition) is 3. The summed E-state index contributed by atoms with van der Waals surface area (Å²) in [5.74, 6) is 0. The van der Waals surface area contributed by atoms with Gasteiger partial charge in [-0.2, -0.15) is 0 Å². The molecule has 1 unspecified atom stereocenters. The predicted octanol–water partition coefficient (Wildman–Crippen LogP) is 3.40. The van der Waals surface area contributed by atoms with Crippen molar-refractivity contribution in [1.29, 1.82) is 0 Å². The van der Waals surface area contributed by atoms with Crippen molar-refractivity contribution in [3.8, 4) is 0 Å². The zero-order valence-electron chi connectivity index (χ0n) is 11.2. The summed E-state index contributed by atoms with van der Waals surface area (Å²) < 4.78 is 25.0. The number of nitrogens with two attached hydrogens (primary N) is 1. The lowest BCUT2D eigenvalue weighted by Gasteiger charge is -2.31. The van der Waals surface area contributed by atoms with Crippen LogP contribution >= 0.6 is 23.2 Å². The maximum Gasteiger partial charge on any atom is 0.175 e. The number of allylic oxidation sites excluding steroid dienone is 2. The van der Waals surface area contributed by atoms with Crippen LogP contribution in [0.1, 0.15) is 24.8 Å². The molecular formula is C15H15Cl2NO2S. The van der Waals surface area contributed by atoms with Crippen LogP contribution < -0.4 is 5.73 Å². The first-order valence-electron chi connectivity index (χ1n) is 6.70. The molecule has 1 saturated carbocycles. The van der Waals surface area contributed by atoms with Gasteiger partial charge < -0.3 is 5.73 Å². The van der Waals surface area contributed by atoms with Crippen molar-refractivity contribution in [1.82, 2.24) is 0 Å². The first kappa shape index (κ1) is 15.1. The first-order valence-corrected chi connectivity index (χ1v) is 9.00. The highest BCUT2D eigenvalue weighted by atomic mass is 35.5. The Bertz CT molecular complexity index is 736. The van der Waals surface area contributed by atoms with Gasteiger partial charge in [0, 0.05) is 22.1 Å². The minimum absolute atomic E-state index is 0.0633. The molecule has 3 nitrogen and oxygen atoms in total. The minimum Gasteiger partial charge on any atom is -0.309 e. The van der Waals surface area contributed by atoms with Crippen molar-refractivity contribution < 1.29 is 8.42 Å². The van der Waals surface area contributed by atoms with Crippen LogP contribution in [-0.2, 0) is 9.84 Å². The van der Waals surface area contributed by atoms with Crippen LogP contribution in [0.15, 0.2) is 46.5 Å². The standard InChI is InChI=1S/C15H15Cl2NO2S/c16-12-8-15(18,21(19,20)11-6-7-11)9-13(17)14(12)10-4-2-1-3-5-10/h1-5,8,11H,6-7,9,18H2. The van der Waals surface area contributed by atoms with Gasteiger partial charge in [-0.1, -0.05) is 53.5 Å². The Balaban J connectivity index is 2.03. The number of benzene rings is 1. The Morgan fingerprint density at radius 1 is 1.14 bits per heavy atom. The summed E-state index contributed by atoms with van der Waals surface area (Å²) in [4.78, 5) is -1.50. The molecule has 1 atom stereocenters. The van der Waals surface area contributed by atoms with Crippen LogP contribution in [0.3, 0.4) is 0 Å². The van der Waals surface area contributed by atoms with Gasteiger partial charge in [-0.05, 0) is 24.5 Å². The van der Waals surface area contributed by atoms with Gasteiger partial charge >= 0.3 is 0 Å². The molecule has 0 radical (unpaired) electrons. The summed E-state index contributed by atoms with van der Waals surface area (Å²) in [5.41, 5.74) is 7.65. The van der Waals surface area contributed by atoms with Gasteiger partial charge in [0.05, 0.1) is 5.25 Å². The average Bonchev–Trinajstić information content (AvgIpc) is 3.23. The summed E-state index contributed by atoms with van der Waals surface area (Å²) in [6, 6.07) is 9.41. The van der Waals surface area contributed by atoms with E-state index in [1.807, 2.05) is 30.3 Å². The molecule has 0 saturated heterocycles. The Labute approximate surface area is 134 Å². The third-order valence-corrected chi connectivity index (χ3v) is 7.16. The van der Waals surface area contributed by atoms with Crippen LogP contribution in [0.25, 0.3) is 5.57 Å². The third kappa shape index (κ3) is 2.55. The molecule has 21 heavy (non-hydrogen) atoms. The van der Waals surface area contributed by atoms with E-state index in [9.17, 15) is 8.42 Å². The maximum atomic E-state index is 12.5. The van der Waals surface area contributed by atoms with E-state index in [1.54, 1.807) is 0 Å². The lowest BCUT2D eigenvalue weighted by molar-refractivity contribution is 0.553. The summed E-state index contributed by atoms with van der Waals surface area (Å²) in [5, 5.41) is 0.329. The second-order valence-corrected chi connectivity index (χ2v) is 8.89. The van der Waals surface area contributed by atoms with Crippen molar-refractivity contribution in [2.24, 2.45) is 5.73 Å². The lowest BCUT2D eigenvalue weighted by atomic mass is 9.96. The summed E-state index contributed by atoms with van der Waals surface area (Å²) >= 11 is 12.6. The van der Waals surface area contributed by atoms with E-state index in [-0.39, 0.29) is 11.7 Å². The van der Waals surface area contributed by atoms with E-state index in [4.69, 9.17) is 28.9 Å². The Hall–Kier alpha value is -0.810. The van der Waals surface area contributed by atoms with Crippen molar-refractivity contribution in [3.05, 3.63) is 52.0 Å². The molecule has 3 rings (SSSR count).